The molecular weight excluding hydrogens is 525 g/mol. The summed E-state index contributed by atoms with van der Waals surface area (Å²) in [4.78, 5) is 5.05. The number of fused-ring (bicyclic) bond motifs is 5. The van der Waals surface area contributed by atoms with Crippen LogP contribution in [0.5, 0.6) is 0 Å². The number of aryl methyl sites for hydroxylation is 1. The Morgan fingerprint density at radius 1 is 0.571 bits per heavy atom. The zero-order valence-electron chi connectivity index (χ0n) is 23.5. The van der Waals surface area contributed by atoms with Crippen molar-refractivity contribution in [3.8, 4) is 16.8 Å². The first-order chi connectivity index (χ1) is 20.7. The molecule has 0 amide bonds. The molecule has 2 heterocycles. The van der Waals surface area contributed by atoms with E-state index in [4.69, 9.17) is 4.98 Å². The first-order valence-corrected chi connectivity index (χ1v) is 16.6. The van der Waals surface area contributed by atoms with E-state index in [0.717, 1.165) is 17.8 Å². The quantitative estimate of drug-likeness (QED) is 0.181. The highest BCUT2D eigenvalue weighted by Gasteiger charge is 2.41. The van der Waals surface area contributed by atoms with Gasteiger partial charge in [0.05, 0.1) is 16.7 Å². The summed E-state index contributed by atoms with van der Waals surface area (Å²) in [5, 5.41) is 5.54. The summed E-state index contributed by atoms with van der Waals surface area (Å²) in [5.41, 5.74) is 8.59. The van der Waals surface area contributed by atoms with Gasteiger partial charge in [0.25, 0.3) is 0 Å². The maximum Gasteiger partial charge on any atom is 0.179 e. The third-order valence-electron chi connectivity index (χ3n) is 8.88. The number of benzene rings is 6. The lowest BCUT2D eigenvalue weighted by Crippen LogP contribution is -2.74. The molecule has 0 saturated carbocycles. The molecule has 0 fully saturated rings. The lowest BCUT2D eigenvalue weighted by Gasteiger charge is -2.34. The van der Waals surface area contributed by atoms with E-state index < -0.39 is 8.07 Å². The number of nitrogens with zero attached hydrogens (tertiary/aromatic N) is 2. The van der Waals surface area contributed by atoms with Crippen LogP contribution in [0.1, 0.15) is 17.0 Å². The Hall–Kier alpha value is -4.99. The van der Waals surface area contributed by atoms with Gasteiger partial charge >= 0.3 is 0 Å². The SMILES string of the molecule is Cc1cc2nc3n(c2cc1-c1cccc([Si](c2ccccc2)(c2ccccc2)c2ccccc2)c1)-c1ccccc1C3. The van der Waals surface area contributed by atoms with Crippen molar-refractivity contribution in [2.45, 2.75) is 13.3 Å². The van der Waals surface area contributed by atoms with Crippen molar-refractivity contribution < 1.29 is 0 Å². The molecule has 1 aromatic heterocycles. The van der Waals surface area contributed by atoms with Crippen molar-refractivity contribution in [1.82, 2.24) is 9.55 Å². The summed E-state index contributed by atoms with van der Waals surface area (Å²) in [5.74, 6) is 1.13. The maximum atomic E-state index is 5.05. The van der Waals surface area contributed by atoms with E-state index in [-0.39, 0.29) is 0 Å². The molecule has 8 rings (SSSR count). The second kappa shape index (κ2) is 9.83. The van der Waals surface area contributed by atoms with Gasteiger partial charge in [-0.15, -0.1) is 0 Å². The zero-order chi connectivity index (χ0) is 28.1. The Morgan fingerprint density at radius 2 is 1.14 bits per heavy atom. The number of rotatable bonds is 5. The third kappa shape index (κ3) is 3.74. The molecule has 0 bridgehead atoms. The summed E-state index contributed by atoms with van der Waals surface area (Å²) in [6.07, 6.45) is 0.883. The van der Waals surface area contributed by atoms with Crippen LogP contribution >= 0.6 is 0 Å². The van der Waals surface area contributed by atoms with Crippen LogP contribution in [-0.4, -0.2) is 17.6 Å². The summed E-state index contributed by atoms with van der Waals surface area (Å²) in [7, 11) is -2.60. The van der Waals surface area contributed by atoms with Crippen molar-refractivity contribution in [1.29, 1.82) is 0 Å². The fourth-order valence-corrected chi connectivity index (χ4v) is 11.8. The summed E-state index contributed by atoms with van der Waals surface area (Å²) in [6, 6.07) is 56.0. The molecule has 0 N–H and O–H groups in total. The molecular formula is C39H30N2Si. The normalized spacial score (nSPS) is 12.3. The van der Waals surface area contributed by atoms with Crippen LogP contribution in [0.2, 0.25) is 0 Å². The van der Waals surface area contributed by atoms with Gasteiger partial charge in [0.15, 0.2) is 8.07 Å². The highest BCUT2D eigenvalue weighted by atomic mass is 28.3. The lowest BCUT2D eigenvalue weighted by molar-refractivity contribution is 1.02. The van der Waals surface area contributed by atoms with Crippen molar-refractivity contribution in [2.75, 3.05) is 0 Å². The van der Waals surface area contributed by atoms with Gasteiger partial charge < -0.3 is 0 Å². The number of imidazole rings is 1. The van der Waals surface area contributed by atoms with Gasteiger partial charge in [0.2, 0.25) is 0 Å². The van der Waals surface area contributed by atoms with Gasteiger partial charge in [-0.05, 0) is 68.1 Å². The maximum absolute atomic E-state index is 5.05. The zero-order valence-corrected chi connectivity index (χ0v) is 24.5. The van der Waals surface area contributed by atoms with Crippen LogP contribution in [0, 0.1) is 6.92 Å². The molecule has 0 atom stereocenters. The molecule has 42 heavy (non-hydrogen) atoms. The Bertz CT molecular complexity index is 1960. The second-order valence-electron chi connectivity index (χ2n) is 11.3. The summed E-state index contributed by atoms with van der Waals surface area (Å²) in [6.45, 7) is 2.22. The van der Waals surface area contributed by atoms with Crippen molar-refractivity contribution >= 4 is 39.9 Å². The summed E-state index contributed by atoms with van der Waals surface area (Å²) < 4.78 is 2.36. The summed E-state index contributed by atoms with van der Waals surface area (Å²) >= 11 is 0. The highest BCUT2D eigenvalue weighted by molar-refractivity contribution is 7.19. The van der Waals surface area contributed by atoms with E-state index in [1.54, 1.807) is 0 Å². The molecule has 0 spiro atoms. The molecule has 2 nitrogen and oxygen atoms in total. The largest absolute Gasteiger partial charge is 0.296 e. The standard InChI is InChI=1S/C39H30N2Si/c1-28-24-36-38(41-37-23-12-11-14-30(37)26-39(41)40-36)27-35(28)29-15-13-22-34(25-29)42(31-16-5-2-6-17-31,32-18-7-3-8-19-32)33-20-9-4-10-21-33/h2-25,27H,26H2,1H3. The van der Waals surface area contributed by atoms with Crippen LogP contribution in [0.25, 0.3) is 27.8 Å². The Labute approximate surface area is 247 Å². The van der Waals surface area contributed by atoms with Crippen LogP contribution in [0.3, 0.4) is 0 Å². The Morgan fingerprint density at radius 3 is 1.79 bits per heavy atom. The average molecular weight is 555 g/mol. The molecule has 0 radical (unpaired) electrons. The minimum atomic E-state index is -2.60. The molecule has 6 aromatic carbocycles. The number of hydrogen-bond acceptors (Lipinski definition) is 1. The van der Waals surface area contributed by atoms with Crippen molar-refractivity contribution in [3.05, 3.63) is 169 Å². The molecule has 1 aliphatic rings. The topological polar surface area (TPSA) is 17.8 Å². The van der Waals surface area contributed by atoms with E-state index in [0.29, 0.717) is 0 Å². The van der Waals surface area contributed by atoms with E-state index in [2.05, 4.69) is 163 Å². The van der Waals surface area contributed by atoms with Crippen LogP contribution in [0.15, 0.2) is 152 Å². The van der Waals surface area contributed by atoms with E-state index >= 15 is 0 Å². The highest BCUT2D eigenvalue weighted by Crippen LogP contribution is 2.35. The van der Waals surface area contributed by atoms with Gasteiger partial charge in [0, 0.05) is 6.42 Å². The molecule has 7 aromatic rings. The van der Waals surface area contributed by atoms with Crippen LogP contribution in [-0.2, 0) is 6.42 Å². The molecule has 3 heteroatoms. The van der Waals surface area contributed by atoms with E-state index in [1.807, 2.05) is 0 Å². The van der Waals surface area contributed by atoms with Crippen molar-refractivity contribution in [2.24, 2.45) is 0 Å². The Kier molecular flexibility index (Phi) is 5.80. The Balaban J connectivity index is 1.38. The van der Waals surface area contributed by atoms with Crippen LogP contribution < -0.4 is 20.7 Å². The molecule has 1 aliphatic heterocycles. The second-order valence-corrected chi connectivity index (χ2v) is 15.1. The predicted molar refractivity (Wildman–Crippen MR) is 178 cm³/mol. The number of aromatic nitrogens is 2. The first kappa shape index (κ1) is 24.8. The fraction of sp³-hybridized carbons (Fsp3) is 0.0513. The van der Waals surface area contributed by atoms with Gasteiger partial charge in [-0.25, -0.2) is 4.98 Å². The third-order valence-corrected chi connectivity index (χ3v) is 13.7. The smallest absolute Gasteiger partial charge is 0.179 e. The molecule has 0 unspecified atom stereocenters. The molecule has 0 aliphatic carbocycles. The van der Waals surface area contributed by atoms with Gasteiger partial charge in [-0.3, -0.25) is 4.57 Å². The average Bonchev–Trinajstić information content (AvgIpc) is 3.58. The van der Waals surface area contributed by atoms with Gasteiger partial charge in [-0.2, -0.15) is 0 Å². The van der Waals surface area contributed by atoms with Crippen molar-refractivity contribution in [3.63, 3.8) is 0 Å². The van der Waals surface area contributed by atoms with E-state index in [1.165, 1.54) is 54.2 Å². The fourth-order valence-electron chi connectivity index (χ4n) is 7.01. The minimum absolute atomic E-state index is 0.883. The monoisotopic (exact) mass is 554 g/mol. The number of para-hydroxylation sites is 1. The molecule has 200 valence electrons. The minimum Gasteiger partial charge on any atom is -0.296 e. The number of hydrogen-bond donors (Lipinski definition) is 0. The lowest BCUT2D eigenvalue weighted by atomic mass is 9.99. The predicted octanol–water partition coefficient (Wildman–Crippen LogP) is 6.28. The first-order valence-electron chi connectivity index (χ1n) is 14.6. The van der Waals surface area contributed by atoms with Gasteiger partial charge in [-0.1, -0.05) is 133 Å². The van der Waals surface area contributed by atoms with Gasteiger partial charge in [0.1, 0.15) is 5.82 Å². The van der Waals surface area contributed by atoms with E-state index in [9.17, 15) is 0 Å². The van der Waals surface area contributed by atoms with Crippen LogP contribution in [0.4, 0.5) is 0 Å². The molecule has 0 saturated heterocycles.